The summed E-state index contributed by atoms with van der Waals surface area (Å²) in [7, 11) is 0. The molecule has 0 heterocycles. The lowest BCUT2D eigenvalue weighted by molar-refractivity contribution is -0.138. The average Bonchev–Trinajstić information content (AvgIpc) is 1.97. The van der Waals surface area contributed by atoms with Gasteiger partial charge in [-0.15, -0.1) is 4.79 Å². The van der Waals surface area contributed by atoms with E-state index in [4.69, 9.17) is 16.4 Å². The van der Waals surface area contributed by atoms with Crippen LogP contribution in [0.4, 0.5) is 0 Å². The van der Waals surface area contributed by atoms with Gasteiger partial charge in [0.25, 0.3) is 0 Å². The highest BCUT2D eigenvalue weighted by molar-refractivity contribution is 5.72. The number of aliphatic carboxylic acids is 1. The van der Waals surface area contributed by atoms with Crippen molar-refractivity contribution in [2.75, 3.05) is 6.61 Å². The van der Waals surface area contributed by atoms with Crippen molar-refractivity contribution in [2.24, 2.45) is 5.73 Å². The summed E-state index contributed by atoms with van der Waals surface area (Å²) in [5.41, 5.74) is 12.9. The normalized spacial score (nSPS) is 11.4. The van der Waals surface area contributed by atoms with Gasteiger partial charge in [0, 0.05) is 6.42 Å². The van der Waals surface area contributed by atoms with Crippen LogP contribution in [0, 0.1) is 0 Å². The number of carbonyl (C=O) groups is 1. The quantitative estimate of drug-likeness (QED) is 0.177. The fourth-order valence-corrected chi connectivity index (χ4v) is 0.405. The Morgan fingerprint density at radius 3 is 3.00 bits per heavy atom. The Kier molecular flexibility index (Phi) is 4.72. The molecular weight excluding hydrogens is 150 g/mol. The maximum Gasteiger partial charge on any atom is 0.438 e. The second-order valence-corrected chi connectivity index (χ2v) is 1.83. The molecule has 0 aromatic carbocycles. The van der Waals surface area contributed by atoms with E-state index in [0.717, 1.165) is 6.40 Å². The van der Waals surface area contributed by atoms with Crippen molar-refractivity contribution in [1.29, 1.82) is 0 Å². The zero-order valence-electron chi connectivity index (χ0n) is 5.80. The highest BCUT2D eigenvalue weighted by Gasteiger charge is 2.10. The van der Waals surface area contributed by atoms with Gasteiger partial charge in [-0.1, -0.05) is 0 Å². The van der Waals surface area contributed by atoms with Crippen LogP contribution in [0.15, 0.2) is 0 Å². The Hall–Kier alpha value is -1.39. The molecule has 0 saturated heterocycles. The SMILES string of the molecule is [N-]=[N+]=COCCC(N)C(=O)O. The molecule has 0 aromatic heterocycles. The van der Waals surface area contributed by atoms with Crippen LogP contribution in [-0.4, -0.2) is 34.9 Å². The number of nitrogens with two attached hydrogens (primary N) is 1. The Labute approximate surface area is 63.2 Å². The molecule has 0 saturated carbocycles. The Balaban J connectivity index is 3.38. The second kappa shape index (κ2) is 5.40. The zero-order chi connectivity index (χ0) is 8.69. The molecular formula is C5H9N3O3. The van der Waals surface area contributed by atoms with Gasteiger partial charge in [-0.05, 0) is 0 Å². The van der Waals surface area contributed by atoms with Gasteiger partial charge in [0.1, 0.15) is 6.04 Å². The molecule has 11 heavy (non-hydrogen) atoms. The third-order valence-electron chi connectivity index (χ3n) is 0.986. The summed E-state index contributed by atoms with van der Waals surface area (Å²) < 4.78 is 4.52. The topological polar surface area (TPSA) is 109 Å². The van der Waals surface area contributed by atoms with Gasteiger partial charge < -0.3 is 21.1 Å². The molecule has 0 amide bonds. The van der Waals surface area contributed by atoms with Crippen molar-refractivity contribution in [3.63, 3.8) is 0 Å². The smallest absolute Gasteiger partial charge is 0.438 e. The largest absolute Gasteiger partial charge is 0.480 e. The lowest BCUT2D eigenvalue weighted by Gasteiger charge is -2.02. The lowest BCUT2D eigenvalue weighted by Crippen LogP contribution is -2.31. The minimum atomic E-state index is -1.07. The fourth-order valence-electron chi connectivity index (χ4n) is 0.405. The van der Waals surface area contributed by atoms with Gasteiger partial charge in [0.2, 0.25) is 0 Å². The number of ether oxygens (including phenoxy) is 1. The minimum Gasteiger partial charge on any atom is -0.480 e. The van der Waals surface area contributed by atoms with Gasteiger partial charge in [-0.25, -0.2) is 0 Å². The number of rotatable bonds is 5. The first kappa shape index (κ1) is 9.61. The van der Waals surface area contributed by atoms with Gasteiger partial charge in [-0.3, -0.25) is 4.79 Å². The molecule has 0 bridgehead atoms. The molecule has 0 aromatic rings. The fraction of sp³-hybridized carbons (Fsp3) is 0.600. The third-order valence-corrected chi connectivity index (χ3v) is 0.986. The van der Waals surface area contributed by atoms with Crippen LogP contribution in [0.2, 0.25) is 0 Å². The van der Waals surface area contributed by atoms with Crippen molar-refractivity contribution in [2.45, 2.75) is 12.5 Å². The van der Waals surface area contributed by atoms with Crippen LogP contribution < -0.4 is 5.73 Å². The summed E-state index contributed by atoms with van der Waals surface area (Å²) in [5, 5.41) is 8.27. The summed E-state index contributed by atoms with van der Waals surface area (Å²) in [6.45, 7) is 0.123. The van der Waals surface area contributed by atoms with Crippen molar-refractivity contribution in [3.05, 3.63) is 5.53 Å². The molecule has 0 aliphatic carbocycles. The molecule has 0 aliphatic rings. The molecule has 0 radical (unpaired) electrons. The van der Waals surface area contributed by atoms with Gasteiger partial charge in [0.15, 0.2) is 0 Å². The van der Waals surface area contributed by atoms with E-state index in [1.54, 1.807) is 0 Å². The third kappa shape index (κ3) is 5.07. The van der Waals surface area contributed by atoms with Crippen molar-refractivity contribution in [1.82, 2.24) is 0 Å². The average molecular weight is 159 g/mol. The molecule has 6 nitrogen and oxygen atoms in total. The lowest BCUT2D eigenvalue weighted by atomic mass is 10.2. The number of carboxylic acid groups (broad SMARTS) is 1. The van der Waals surface area contributed by atoms with E-state index in [1.807, 2.05) is 0 Å². The summed E-state index contributed by atoms with van der Waals surface area (Å²) in [4.78, 5) is 12.6. The number of nitrogens with zero attached hydrogens (tertiary/aromatic N) is 2. The van der Waals surface area contributed by atoms with E-state index in [0.29, 0.717) is 0 Å². The molecule has 1 unspecified atom stereocenters. The number of hydrogen-bond acceptors (Lipinski definition) is 3. The second-order valence-electron chi connectivity index (χ2n) is 1.83. The summed E-state index contributed by atoms with van der Waals surface area (Å²) >= 11 is 0. The van der Waals surface area contributed by atoms with Gasteiger partial charge in [-0.2, -0.15) is 0 Å². The first-order chi connectivity index (χ1) is 5.18. The number of hydrogen-bond donors (Lipinski definition) is 2. The van der Waals surface area contributed by atoms with Crippen LogP contribution in [0.5, 0.6) is 0 Å². The van der Waals surface area contributed by atoms with E-state index in [2.05, 4.69) is 9.53 Å². The predicted octanol–water partition coefficient (Wildman–Crippen LogP) is -0.937. The Morgan fingerprint density at radius 1 is 1.91 bits per heavy atom. The molecule has 1 atom stereocenters. The standard InChI is InChI=1S/C5H9N3O3/c6-4(5(9)10)1-2-11-3-8-7/h3-4H,1-2,6H2,(H,9,10). The highest BCUT2D eigenvalue weighted by Crippen LogP contribution is 1.87. The summed E-state index contributed by atoms with van der Waals surface area (Å²) in [6.07, 6.45) is 0.996. The monoisotopic (exact) mass is 159 g/mol. The molecule has 62 valence electrons. The van der Waals surface area contributed by atoms with Crippen LogP contribution in [0.25, 0.3) is 5.53 Å². The molecule has 6 heteroatoms. The van der Waals surface area contributed by atoms with Crippen molar-refractivity contribution < 1.29 is 19.4 Å². The van der Waals surface area contributed by atoms with Crippen LogP contribution in [0.3, 0.4) is 0 Å². The van der Waals surface area contributed by atoms with Crippen LogP contribution in [0.1, 0.15) is 6.42 Å². The van der Waals surface area contributed by atoms with E-state index < -0.39 is 12.0 Å². The first-order valence-electron chi connectivity index (χ1n) is 2.94. The Bertz CT molecular complexity index is 176. The molecule has 0 spiro atoms. The highest BCUT2D eigenvalue weighted by atomic mass is 16.5. The van der Waals surface area contributed by atoms with E-state index in [1.165, 1.54) is 0 Å². The summed E-state index contributed by atoms with van der Waals surface area (Å²) in [6, 6.07) is -0.929. The van der Waals surface area contributed by atoms with Crippen molar-refractivity contribution >= 4 is 12.4 Å². The molecule has 0 aliphatic heterocycles. The minimum absolute atomic E-state index is 0.123. The molecule has 3 N–H and O–H groups in total. The predicted molar refractivity (Wildman–Crippen MR) is 35.9 cm³/mol. The van der Waals surface area contributed by atoms with E-state index >= 15 is 0 Å². The van der Waals surface area contributed by atoms with Gasteiger partial charge >= 0.3 is 12.4 Å². The molecule has 0 fully saturated rings. The number of carboxylic acids is 1. The maximum atomic E-state index is 10.1. The van der Waals surface area contributed by atoms with E-state index in [-0.39, 0.29) is 13.0 Å². The first-order valence-corrected chi connectivity index (χ1v) is 2.94. The van der Waals surface area contributed by atoms with E-state index in [9.17, 15) is 4.79 Å². The maximum absolute atomic E-state index is 10.1. The zero-order valence-corrected chi connectivity index (χ0v) is 5.80. The summed E-state index contributed by atoms with van der Waals surface area (Å²) in [5.74, 6) is -1.07. The van der Waals surface area contributed by atoms with Crippen molar-refractivity contribution in [3.8, 4) is 0 Å². The van der Waals surface area contributed by atoms with Gasteiger partial charge in [0.05, 0.1) is 6.61 Å². The van der Waals surface area contributed by atoms with Crippen LogP contribution in [-0.2, 0) is 9.53 Å². The Morgan fingerprint density at radius 2 is 2.55 bits per heavy atom. The molecule has 0 rings (SSSR count). The van der Waals surface area contributed by atoms with Crippen LogP contribution >= 0.6 is 0 Å².